The SMILES string of the molecule is Cc1nc(Nc2ncccn2)cc(C2CN(Cc3ncc[nH]3)C2)n1. The van der Waals surface area contributed by atoms with Gasteiger partial charge in [-0.1, -0.05) is 0 Å². The molecule has 3 aromatic heterocycles. The van der Waals surface area contributed by atoms with Crippen LogP contribution >= 0.6 is 0 Å². The van der Waals surface area contributed by atoms with Crippen molar-refractivity contribution in [2.75, 3.05) is 18.4 Å². The minimum atomic E-state index is 0.416. The van der Waals surface area contributed by atoms with E-state index in [4.69, 9.17) is 0 Å². The molecular weight excluding hydrogens is 304 g/mol. The van der Waals surface area contributed by atoms with Gasteiger partial charge in [-0.25, -0.2) is 24.9 Å². The fraction of sp³-hybridized carbons (Fsp3) is 0.312. The monoisotopic (exact) mass is 322 g/mol. The van der Waals surface area contributed by atoms with Gasteiger partial charge >= 0.3 is 0 Å². The van der Waals surface area contributed by atoms with E-state index in [1.807, 2.05) is 19.2 Å². The third-order valence-electron chi connectivity index (χ3n) is 3.97. The first kappa shape index (κ1) is 14.7. The van der Waals surface area contributed by atoms with Gasteiger partial charge < -0.3 is 10.3 Å². The summed E-state index contributed by atoms with van der Waals surface area (Å²) < 4.78 is 0. The van der Waals surface area contributed by atoms with E-state index in [1.165, 1.54) is 0 Å². The van der Waals surface area contributed by atoms with Gasteiger partial charge in [0.1, 0.15) is 17.5 Å². The van der Waals surface area contributed by atoms with Crippen LogP contribution in [0.4, 0.5) is 11.8 Å². The van der Waals surface area contributed by atoms with Gasteiger partial charge in [0, 0.05) is 49.9 Å². The first-order valence-corrected chi connectivity index (χ1v) is 7.86. The van der Waals surface area contributed by atoms with E-state index in [9.17, 15) is 0 Å². The quantitative estimate of drug-likeness (QED) is 0.737. The average Bonchev–Trinajstić information content (AvgIpc) is 3.04. The van der Waals surface area contributed by atoms with Crippen molar-refractivity contribution >= 4 is 11.8 Å². The number of aromatic amines is 1. The molecular formula is C16H18N8. The molecule has 1 aliphatic heterocycles. The van der Waals surface area contributed by atoms with Crippen LogP contribution in [-0.4, -0.2) is 47.9 Å². The first-order valence-electron chi connectivity index (χ1n) is 7.86. The van der Waals surface area contributed by atoms with Crippen LogP contribution in [0.2, 0.25) is 0 Å². The van der Waals surface area contributed by atoms with Crippen molar-refractivity contribution in [3.05, 3.63) is 54.3 Å². The number of imidazole rings is 1. The van der Waals surface area contributed by atoms with Crippen LogP contribution in [0.25, 0.3) is 0 Å². The van der Waals surface area contributed by atoms with Gasteiger partial charge in [0.25, 0.3) is 0 Å². The summed E-state index contributed by atoms with van der Waals surface area (Å²) in [6, 6.07) is 3.77. The zero-order valence-corrected chi connectivity index (χ0v) is 13.3. The maximum atomic E-state index is 4.59. The van der Waals surface area contributed by atoms with Gasteiger partial charge in [-0.05, 0) is 13.0 Å². The van der Waals surface area contributed by atoms with Crippen LogP contribution in [-0.2, 0) is 6.54 Å². The molecule has 0 radical (unpaired) electrons. The van der Waals surface area contributed by atoms with Crippen LogP contribution in [0.1, 0.15) is 23.3 Å². The van der Waals surface area contributed by atoms with Crippen molar-refractivity contribution in [1.82, 2.24) is 34.8 Å². The minimum absolute atomic E-state index is 0.416. The molecule has 0 unspecified atom stereocenters. The summed E-state index contributed by atoms with van der Waals surface area (Å²) in [5, 5.41) is 3.13. The van der Waals surface area contributed by atoms with Gasteiger partial charge in [0.2, 0.25) is 5.95 Å². The van der Waals surface area contributed by atoms with E-state index in [0.29, 0.717) is 11.9 Å². The summed E-state index contributed by atoms with van der Waals surface area (Å²) in [6.45, 7) is 4.69. The van der Waals surface area contributed by atoms with Crippen LogP contribution in [0.15, 0.2) is 36.9 Å². The van der Waals surface area contributed by atoms with Crippen LogP contribution < -0.4 is 5.32 Å². The molecule has 0 bridgehead atoms. The number of hydrogen-bond donors (Lipinski definition) is 2. The van der Waals surface area contributed by atoms with Crippen molar-refractivity contribution < 1.29 is 0 Å². The van der Waals surface area contributed by atoms with Crippen LogP contribution in [0, 0.1) is 6.92 Å². The number of aryl methyl sites for hydroxylation is 1. The van der Waals surface area contributed by atoms with Gasteiger partial charge in [0.05, 0.1) is 12.2 Å². The standard InChI is InChI=1S/C16H18N8/c1-11-21-13(7-14(22-11)23-16-19-3-2-4-20-16)12-8-24(9-12)10-15-17-5-6-18-15/h2-7,12H,8-10H2,1H3,(H,17,18)(H,19,20,21,22,23). The van der Waals surface area contributed by atoms with Crippen LogP contribution in [0.3, 0.4) is 0 Å². The number of nitrogens with zero attached hydrogens (tertiary/aromatic N) is 6. The largest absolute Gasteiger partial charge is 0.348 e. The molecule has 1 saturated heterocycles. The zero-order valence-electron chi connectivity index (χ0n) is 13.3. The van der Waals surface area contributed by atoms with Gasteiger partial charge in [0.15, 0.2) is 0 Å². The topological polar surface area (TPSA) is 95.5 Å². The third-order valence-corrected chi connectivity index (χ3v) is 3.97. The maximum absolute atomic E-state index is 4.59. The Kier molecular flexibility index (Phi) is 3.87. The fourth-order valence-corrected chi connectivity index (χ4v) is 2.82. The second-order valence-electron chi connectivity index (χ2n) is 5.85. The molecule has 2 N–H and O–H groups in total. The van der Waals surface area contributed by atoms with E-state index in [1.54, 1.807) is 24.7 Å². The Labute approximate surface area is 139 Å². The molecule has 1 aliphatic rings. The number of aromatic nitrogens is 6. The van der Waals surface area contributed by atoms with Crippen molar-refractivity contribution in [2.45, 2.75) is 19.4 Å². The molecule has 3 aromatic rings. The number of anilines is 2. The Bertz CT molecular complexity index is 796. The molecule has 0 aliphatic carbocycles. The lowest BCUT2D eigenvalue weighted by Crippen LogP contribution is -2.44. The van der Waals surface area contributed by atoms with E-state index in [0.717, 1.165) is 42.8 Å². The summed E-state index contributed by atoms with van der Waals surface area (Å²) in [4.78, 5) is 27.1. The second-order valence-corrected chi connectivity index (χ2v) is 5.85. The van der Waals surface area contributed by atoms with E-state index in [2.05, 4.69) is 40.1 Å². The predicted octanol–water partition coefficient (Wildman–Crippen LogP) is 1.64. The van der Waals surface area contributed by atoms with Gasteiger partial charge in [-0.2, -0.15) is 0 Å². The molecule has 0 aromatic carbocycles. The molecule has 1 fully saturated rings. The predicted molar refractivity (Wildman–Crippen MR) is 88.7 cm³/mol. The highest BCUT2D eigenvalue weighted by Gasteiger charge is 2.30. The minimum Gasteiger partial charge on any atom is -0.348 e. The lowest BCUT2D eigenvalue weighted by Gasteiger charge is -2.38. The lowest BCUT2D eigenvalue weighted by atomic mass is 9.96. The zero-order chi connectivity index (χ0) is 16.4. The smallest absolute Gasteiger partial charge is 0.228 e. The molecule has 0 amide bonds. The second kappa shape index (κ2) is 6.32. The van der Waals surface area contributed by atoms with Crippen molar-refractivity contribution in [3.8, 4) is 0 Å². The Morgan fingerprint density at radius 3 is 2.75 bits per heavy atom. The van der Waals surface area contributed by atoms with E-state index < -0.39 is 0 Å². The van der Waals surface area contributed by atoms with Crippen LogP contribution in [0.5, 0.6) is 0 Å². The highest BCUT2D eigenvalue weighted by atomic mass is 15.2. The fourth-order valence-electron chi connectivity index (χ4n) is 2.82. The molecule has 122 valence electrons. The Balaban J connectivity index is 1.43. The molecule has 0 saturated carbocycles. The van der Waals surface area contributed by atoms with E-state index >= 15 is 0 Å². The van der Waals surface area contributed by atoms with Crippen molar-refractivity contribution in [1.29, 1.82) is 0 Å². The average molecular weight is 322 g/mol. The Hall–Kier alpha value is -2.87. The normalized spacial score (nSPS) is 15.2. The lowest BCUT2D eigenvalue weighted by molar-refractivity contribution is 0.134. The summed E-state index contributed by atoms with van der Waals surface area (Å²) in [5.74, 6) is 3.42. The summed E-state index contributed by atoms with van der Waals surface area (Å²) in [5.41, 5.74) is 1.05. The maximum Gasteiger partial charge on any atom is 0.228 e. The Morgan fingerprint density at radius 1 is 1.17 bits per heavy atom. The molecule has 8 heteroatoms. The van der Waals surface area contributed by atoms with Gasteiger partial charge in [-0.15, -0.1) is 0 Å². The highest BCUT2D eigenvalue weighted by molar-refractivity contribution is 5.48. The summed E-state index contributed by atoms with van der Waals surface area (Å²) >= 11 is 0. The van der Waals surface area contributed by atoms with Crippen molar-refractivity contribution in [3.63, 3.8) is 0 Å². The molecule has 0 atom stereocenters. The molecule has 0 spiro atoms. The highest BCUT2D eigenvalue weighted by Crippen LogP contribution is 2.28. The molecule has 4 heterocycles. The first-order chi connectivity index (χ1) is 11.8. The third kappa shape index (κ3) is 3.23. The number of nitrogens with one attached hydrogen (secondary N) is 2. The number of rotatable bonds is 5. The van der Waals surface area contributed by atoms with E-state index in [-0.39, 0.29) is 0 Å². The Morgan fingerprint density at radius 2 is 2.00 bits per heavy atom. The molecule has 24 heavy (non-hydrogen) atoms. The number of H-pyrrole nitrogens is 1. The summed E-state index contributed by atoms with van der Waals surface area (Å²) in [7, 11) is 0. The van der Waals surface area contributed by atoms with Crippen molar-refractivity contribution in [2.24, 2.45) is 0 Å². The summed E-state index contributed by atoms with van der Waals surface area (Å²) in [6.07, 6.45) is 7.03. The number of likely N-dealkylation sites (tertiary alicyclic amines) is 1. The molecule has 8 nitrogen and oxygen atoms in total. The number of hydrogen-bond acceptors (Lipinski definition) is 7. The van der Waals surface area contributed by atoms with Gasteiger partial charge in [-0.3, -0.25) is 4.90 Å². The molecule has 4 rings (SSSR count).